The van der Waals surface area contributed by atoms with Gasteiger partial charge in [-0.25, -0.2) is 9.97 Å². The SMILES string of the molecule is Cc1nc(-c2ccc(Br)cc2C(F)(F)F)ncc1C(C)N. The molecule has 1 aromatic carbocycles. The number of benzene rings is 1. The molecule has 0 aliphatic rings. The molecule has 0 bridgehead atoms. The Hall–Kier alpha value is -1.47. The summed E-state index contributed by atoms with van der Waals surface area (Å²) in [4.78, 5) is 8.19. The lowest BCUT2D eigenvalue weighted by molar-refractivity contribution is -0.137. The average molecular weight is 360 g/mol. The summed E-state index contributed by atoms with van der Waals surface area (Å²) in [7, 11) is 0. The van der Waals surface area contributed by atoms with Gasteiger partial charge in [-0.2, -0.15) is 13.2 Å². The molecule has 2 aromatic rings. The zero-order chi connectivity index (χ0) is 15.8. The standard InChI is InChI=1S/C14H13BrF3N3/c1-7(19)11-6-20-13(21-8(11)2)10-4-3-9(15)5-12(10)14(16,17)18/h3-7H,19H2,1-2H3. The first kappa shape index (κ1) is 15.9. The second kappa shape index (κ2) is 5.73. The Morgan fingerprint density at radius 3 is 2.48 bits per heavy atom. The zero-order valence-corrected chi connectivity index (χ0v) is 13.0. The molecule has 0 saturated carbocycles. The van der Waals surface area contributed by atoms with E-state index < -0.39 is 11.7 Å². The molecule has 2 N–H and O–H groups in total. The zero-order valence-electron chi connectivity index (χ0n) is 11.4. The first-order chi connectivity index (χ1) is 9.70. The van der Waals surface area contributed by atoms with Gasteiger partial charge in [0.2, 0.25) is 0 Å². The molecule has 0 amide bonds. The number of nitrogens with two attached hydrogens (primary N) is 1. The lowest BCUT2D eigenvalue weighted by atomic mass is 10.1. The molecule has 0 spiro atoms. The Labute approximate surface area is 128 Å². The third kappa shape index (κ3) is 3.41. The van der Waals surface area contributed by atoms with E-state index in [0.29, 0.717) is 15.7 Å². The lowest BCUT2D eigenvalue weighted by Crippen LogP contribution is -2.11. The molecule has 0 fully saturated rings. The van der Waals surface area contributed by atoms with E-state index in [-0.39, 0.29) is 17.4 Å². The van der Waals surface area contributed by atoms with Crippen molar-refractivity contribution in [3.05, 3.63) is 45.7 Å². The molecule has 0 aliphatic carbocycles. The highest BCUT2D eigenvalue weighted by molar-refractivity contribution is 9.10. The van der Waals surface area contributed by atoms with Gasteiger partial charge in [0, 0.05) is 33.5 Å². The monoisotopic (exact) mass is 359 g/mol. The van der Waals surface area contributed by atoms with Gasteiger partial charge in [0.15, 0.2) is 5.82 Å². The van der Waals surface area contributed by atoms with Crippen LogP contribution in [-0.4, -0.2) is 9.97 Å². The minimum atomic E-state index is -4.48. The minimum absolute atomic E-state index is 0.0386. The van der Waals surface area contributed by atoms with Crippen LogP contribution in [0.25, 0.3) is 11.4 Å². The lowest BCUT2D eigenvalue weighted by Gasteiger charge is -2.14. The van der Waals surface area contributed by atoms with Gasteiger partial charge in [-0.3, -0.25) is 0 Å². The fraction of sp³-hybridized carbons (Fsp3) is 0.286. The molecule has 1 aromatic heterocycles. The summed E-state index contributed by atoms with van der Waals surface area (Å²) in [6, 6.07) is 3.63. The van der Waals surface area contributed by atoms with E-state index in [0.717, 1.165) is 6.07 Å². The van der Waals surface area contributed by atoms with Crippen LogP contribution in [0, 0.1) is 6.92 Å². The van der Waals surface area contributed by atoms with Crippen molar-refractivity contribution >= 4 is 15.9 Å². The third-order valence-corrected chi connectivity index (χ3v) is 3.53. The number of hydrogen-bond donors (Lipinski definition) is 1. The van der Waals surface area contributed by atoms with Gasteiger partial charge in [0.25, 0.3) is 0 Å². The Morgan fingerprint density at radius 2 is 1.95 bits per heavy atom. The van der Waals surface area contributed by atoms with Gasteiger partial charge in [-0.15, -0.1) is 0 Å². The molecule has 21 heavy (non-hydrogen) atoms. The topological polar surface area (TPSA) is 51.8 Å². The van der Waals surface area contributed by atoms with Gasteiger partial charge < -0.3 is 5.73 Å². The van der Waals surface area contributed by atoms with Crippen LogP contribution >= 0.6 is 15.9 Å². The van der Waals surface area contributed by atoms with Crippen molar-refractivity contribution in [2.75, 3.05) is 0 Å². The van der Waals surface area contributed by atoms with Crippen molar-refractivity contribution in [2.24, 2.45) is 5.73 Å². The Morgan fingerprint density at radius 1 is 1.29 bits per heavy atom. The van der Waals surface area contributed by atoms with Crippen LogP contribution in [0.1, 0.15) is 29.8 Å². The van der Waals surface area contributed by atoms with E-state index in [2.05, 4.69) is 25.9 Å². The van der Waals surface area contributed by atoms with Crippen LogP contribution in [0.4, 0.5) is 13.2 Å². The molecule has 1 atom stereocenters. The predicted octanol–water partition coefficient (Wildman–Crippen LogP) is 4.25. The molecule has 7 heteroatoms. The highest BCUT2D eigenvalue weighted by Gasteiger charge is 2.34. The maximum absolute atomic E-state index is 13.1. The second-order valence-corrected chi connectivity index (χ2v) is 5.63. The summed E-state index contributed by atoms with van der Waals surface area (Å²) in [6.07, 6.45) is -3.00. The Balaban J connectivity index is 2.60. The molecule has 112 valence electrons. The van der Waals surface area contributed by atoms with E-state index in [9.17, 15) is 13.2 Å². The molecular weight excluding hydrogens is 347 g/mol. The maximum Gasteiger partial charge on any atom is 0.417 e. The molecule has 3 nitrogen and oxygen atoms in total. The molecule has 1 unspecified atom stereocenters. The van der Waals surface area contributed by atoms with E-state index in [4.69, 9.17) is 5.73 Å². The highest BCUT2D eigenvalue weighted by atomic mass is 79.9. The van der Waals surface area contributed by atoms with E-state index >= 15 is 0 Å². The summed E-state index contributed by atoms with van der Waals surface area (Å²) in [5.74, 6) is 0.0386. The van der Waals surface area contributed by atoms with Gasteiger partial charge in [-0.05, 0) is 32.0 Å². The van der Waals surface area contributed by atoms with Crippen molar-refractivity contribution in [1.29, 1.82) is 0 Å². The van der Waals surface area contributed by atoms with Crippen LogP contribution in [0.3, 0.4) is 0 Å². The fourth-order valence-electron chi connectivity index (χ4n) is 2.00. The number of hydrogen-bond acceptors (Lipinski definition) is 3. The minimum Gasteiger partial charge on any atom is -0.324 e. The van der Waals surface area contributed by atoms with Crippen LogP contribution in [0.5, 0.6) is 0 Å². The van der Waals surface area contributed by atoms with Crippen LogP contribution in [0.15, 0.2) is 28.9 Å². The first-order valence-corrected chi connectivity index (χ1v) is 6.95. The molecule has 2 rings (SSSR count). The van der Waals surface area contributed by atoms with Crippen LogP contribution in [-0.2, 0) is 6.18 Å². The number of nitrogens with zero attached hydrogens (tertiary/aromatic N) is 2. The van der Waals surface area contributed by atoms with Gasteiger partial charge in [0.1, 0.15) is 0 Å². The first-order valence-electron chi connectivity index (χ1n) is 6.16. The highest BCUT2D eigenvalue weighted by Crippen LogP contribution is 2.37. The normalized spacial score (nSPS) is 13.3. The molecule has 0 aliphatic heterocycles. The predicted molar refractivity (Wildman–Crippen MR) is 77.5 cm³/mol. The molecule has 0 radical (unpaired) electrons. The largest absolute Gasteiger partial charge is 0.417 e. The number of alkyl halides is 3. The van der Waals surface area contributed by atoms with E-state index in [1.165, 1.54) is 18.3 Å². The summed E-state index contributed by atoms with van der Waals surface area (Å²) in [6.45, 7) is 3.47. The second-order valence-electron chi connectivity index (χ2n) is 4.71. The summed E-state index contributed by atoms with van der Waals surface area (Å²) in [5, 5.41) is 0. The van der Waals surface area contributed by atoms with Gasteiger partial charge in [0.05, 0.1) is 5.56 Å². The summed E-state index contributed by atoms with van der Waals surface area (Å²) < 4.78 is 39.7. The van der Waals surface area contributed by atoms with Crippen molar-refractivity contribution in [1.82, 2.24) is 9.97 Å². The van der Waals surface area contributed by atoms with Crippen LogP contribution < -0.4 is 5.73 Å². The summed E-state index contributed by atoms with van der Waals surface area (Å²) in [5.41, 5.74) is 6.22. The van der Waals surface area contributed by atoms with Crippen molar-refractivity contribution in [3.63, 3.8) is 0 Å². The van der Waals surface area contributed by atoms with E-state index in [1.807, 2.05) is 0 Å². The fourth-order valence-corrected chi connectivity index (χ4v) is 2.36. The Bertz CT molecular complexity index is 669. The Kier molecular flexibility index (Phi) is 4.34. The van der Waals surface area contributed by atoms with Crippen molar-refractivity contribution in [2.45, 2.75) is 26.1 Å². The van der Waals surface area contributed by atoms with Crippen molar-refractivity contribution < 1.29 is 13.2 Å². The van der Waals surface area contributed by atoms with Crippen molar-refractivity contribution in [3.8, 4) is 11.4 Å². The number of halogens is 4. The number of aromatic nitrogens is 2. The number of rotatable bonds is 2. The van der Waals surface area contributed by atoms with Gasteiger partial charge >= 0.3 is 6.18 Å². The molecular formula is C14H13BrF3N3. The summed E-state index contributed by atoms with van der Waals surface area (Å²) >= 11 is 3.05. The molecule has 0 saturated heterocycles. The van der Waals surface area contributed by atoms with Crippen LogP contribution in [0.2, 0.25) is 0 Å². The average Bonchev–Trinajstić information content (AvgIpc) is 2.37. The van der Waals surface area contributed by atoms with Gasteiger partial charge in [-0.1, -0.05) is 15.9 Å². The smallest absolute Gasteiger partial charge is 0.324 e. The third-order valence-electron chi connectivity index (χ3n) is 3.04. The quantitative estimate of drug-likeness (QED) is 0.871. The van der Waals surface area contributed by atoms with E-state index in [1.54, 1.807) is 13.8 Å². The maximum atomic E-state index is 13.1. The molecule has 1 heterocycles. The number of aryl methyl sites for hydroxylation is 1.